The zero-order valence-corrected chi connectivity index (χ0v) is 23.7. The number of pyridine rings is 2. The molecular weight excluding hydrogens is 554 g/mol. The van der Waals surface area contributed by atoms with Crippen LogP contribution in [0.25, 0.3) is 11.1 Å². The highest BCUT2D eigenvalue weighted by Crippen LogP contribution is 2.42. The second-order valence-corrected chi connectivity index (χ2v) is 11.0. The lowest BCUT2D eigenvalue weighted by atomic mass is 9.85. The van der Waals surface area contributed by atoms with Crippen LogP contribution in [-0.2, 0) is 9.53 Å². The van der Waals surface area contributed by atoms with E-state index in [-0.39, 0.29) is 39.1 Å². The third-order valence-electron chi connectivity index (χ3n) is 6.90. The minimum atomic E-state index is -2.84. The maximum atomic E-state index is 13.6. The Balaban J connectivity index is 0.00000165. The summed E-state index contributed by atoms with van der Waals surface area (Å²) in [5.41, 5.74) is 2.72. The van der Waals surface area contributed by atoms with Crippen LogP contribution in [0.1, 0.15) is 55.6 Å². The molecule has 1 aliphatic carbocycles. The van der Waals surface area contributed by atoms with Crippen molar-refractivity contribution in [1.82, 2.24) is 20.7 Å². The molecule has 2 N–H and O–H groups in total. The number of carbonyl (C=O) groups is 2. The number of aromatic nitrogens is 2. The Bertz CT molecular complexity index is 1430. The van der Waals surface area contributed by atoms with E-state index in [0.29, 0.717) is 43.1 Å². The molecule has 2 aromatic rings. The van der Waals surface area contributed by atoms with Gasteiger partial charge in [0, 0.05) is 41.6 Å². The quantitative estimate of drug-likeness (QED) is 0.508. The molecule has 1 unspecified atom stereocenters. The first kappa shape index (κ1) is 28.8. The van der Waals surface area contributed by atoms with Crippen molar-refractivity contribution in [1.29, 1.82) is 0 Å². The number of alkyl halides is 2. The van der Waals surface area contributed by atoms with Crippen LogP contribution in [0.15, 0.2) is 29.6 Å². The molecule has 2 amide bonds. The number of hydrazone groups is 1. The number of thioether (sulfide) groups is 1. The summed E-state index contributed by atoms with van der Waals surface area (Å²) in [6, 6.07) is 2.73. The van der Waals surface area contributed by atoms with Gasteiger partial charge < -0.3 is 9.47 Å². The molecule has 4 aliphatic rings. The van der Waals surface area contributed by atoms with Crippen LogP contribution >= 0.6 is 11.8 Å². The molecular formula is C28H30F2N6O4S. The molecule has 10 nitrogen and oxygen atoms in total. The monoisotopic (exact) mass is 584 g/mol. The van der Waals surface area contributed by atoms with E-state index in [1.165, 1.54) is 37.3 Å². The summed E-state index contributed by atoms with van der Waals surface area (Å²) in [5, 5.41) is 6.94. The highest BCUT2D eigenvalue weighted by Gasteiger charge is 2.49. The van der Waals surface area contributed by atoms with Gasteiger partial charge in [0.05, 0.1) is 32.1 Å². The van der Waals surface area contributed by atoms with Gasteiger partial charge in [-0.15, -0.1) is 0 Å². The zero-order chi connectivity index (χ0) is 29.1. The Hall–Kier alpha value is -3.76. The number of anilines is 1. The average Bonchev–Trinajstić information content (AvgIpc) is 3.58. The summed E-state index contributed by atoms with van der Waals surface area (Å²) in [7, 11) is 1.38. The van der Waals surface area contributed by atoms with Crippen LogP contribution in [0.3, 0.4) is 0 Å². The smallest absolute Gasteiger partial charge is 0.280 e. The summed E-state index contributed by atoms with van der Waals surface area (Å²) in [6.45, 7) is 5.39. The Labute approximate surface area is 240 Å². The second kappa shape index (κ2) is 12.0. The van der Waals surface area contributed by atoms with Crippen molar-refractivity contribution >= 4 is 34.6 Å². The Morgan fingerprint density at radius 2 is 2.00 bits per heavy atom. The van der Waals surface area contributed by atoms with E-state index in [1.54, 1.807) is 11.0 Å². The number of hydrogen-bond acceptors (Lipinski definition) is 9. The van der Waals surface area contributed by atoms with E-state index in [4.69, 9.17) is 9.47 Å². The predicted molar refractivity (Wildman–Crippen MR) is 150 cm³/mol. The Morgan fingerprint density at radius 1 is 1.22 bits per heavy atom. The largest absolute Gasteiger partial charge is 0.494 e. The summed E-state index contributed by atoms with van der Waals surface area (Å²) in [4.78, 5) is 36.0. The van der Waals surface area contributed by atoms with Crippen LogP contribution in [0, 0.1) is 23.2 Å². The van der Waals surface area contributed by atoms with Gasteiger partial charge >= 0.3 is 0 Å². The van der Waals surface area contributed by atoms with E-state index >= 15 is 0 Å². The van der Waals surface area contributed by atoms with E-state index in [2.05, 4.69) is 37.7 Å². The fraction of sp³-hybridized carbons (Fsp3) is 0.464. The molecule has 0 bridgehead atoms. The topological polar surface area (TPSA) is 118 Å². The highest BCUT2D eigenvalue weighted by atomic mass is 32.2. The first-order valence-electron chi connectivity index (χ1n) is 13.4. The van der Waals surface area contributed by atoms with E-state index in [1.807, 2.05) is 13.8 Å². The van der Waals surface area contributed by atoms with Crippen molar-refractivity contribution in [3.8, 4) is 28.7 Å². The third-order valence-corrected chi connectivity index (χ3v) is 7.77. The molecule has 1 spiro atoms. The maximum absolute atomic E-state index is 13.6. The number of methoxy groups -OCH3 is 1. The lowest BCUT2D eigenvalue weighted by molar-refractivity contribution is -0.126. The van der Waals surface area contributed by atoms with Gasteiger partial charge in [-0.05, 0) is 36.7 Å². The number of ether oxygens (including phenoxy) is 2. The van der Waals surface area contributed by atoms with Gasteiger partial charge in [-0.3, -0.25) is 30.2 Å². The molecule has 1 atom stereocenters. The number of nitrogens with one attached hydrogen (secondary N) is 2. The van der Waals surface area contributed by atoms with Crippen LogP contribution in [-0.4, -0.2) is 59.2 Å². The van der Waals surface area contributed by atoms with Crippen molar-refractivity contribution in [2.75, 3.05) is 31.8 Å². The fourth-order valence-corrected chi connectivity index (χ4v) is 5.33. The molecule has 1 saturated carbocycles. The maximum Gasteiger partial charge on any atom is 0.280 e. The molecule has 216 valence electrons. The van der Waals surface area contributed by atoms with Gasteiger partial charge in [0.15, 0.2) is 10.5 Å². The van der Waals surface area contributed by atoms with Crippen molar-refractivity contribution in [2.45, 2.75) is 44.9 Å². The van der Waals surface area contributed by atoms with Gasteiger partial charge in [-0.25, -0.2) is 13.8 Å². The standard InChI is InChI=1S/C26H24F2N6O4S.C2H6/c1-37-19-10-29-18(23(27)28)6-16(19)15-7-20(34-11-26(8-22(34)35)12-38-13-26)30-9-17(15)24(36)31-25-33-32-21(39-25)5-4-14-2-3-14;1-2/h6-7,9-10,14,21,23,32H,2-3,8,11-13H2,1H3,(H,31,33,36);1-2H3. The van der Waals surface area contributed by atoms with Crippen molar-refractivity contribution in [2.24, 2.45) is 16.4 Å². The molecule has 41 heavy (non-hydrogen) atoms. The SMILES string of the molecule is CC.COc1cnc(C(F)F)cc1-c1cc(N2CC3(COC3)CC2=O)ncc1C(=O)NC1=NNC(C#CC2CC2)S1. The van der Waals surface area contributed by atoms with Gasteiger partial charge in [0.2, 0.25) is 5.91 Å². The van der Waals surface area contributed by atoms with E-state index < -0.39 is 18.0 Å². The zero-order valence-electron chi connectivity index (χ0n) is 22.9. The van der Waals surface area contributed by atoms with Crippen LogP contribution < -0.4 is 20.4 Å². The molecule has 0 aromatic carbocycles. The lowest BCUT2D eigenvalue weighted by Crippen LogP contribution is -2.44. The minimum Gasteiger partial charge on any atom is -0.494 e. The number of halogens is 2. The molecule has 5 heterocycles. The van der Waals surface area contributed by atoms with Gasteiger partial charge in [-0.2, -0.15) is 5.10 Å². The number of amides is 2. The number of nitrogens with zero attached hydrogens (tertiary/aromatic N) is 4. The number of carbonyl (C=O) groups excluding carboxylic acids is 2. The van der Waals surface area contributed by atoms with Gasteiger partial charge in [0.1, 0.15) is 17.3 Å². The lowest BCUT2D eigenvalue weighted by Gasteiger charge is -2.36. The van der Waals surface area contributed by atoms with Crippen molar-refractivity contribution in [3.63, 3.8) is 0 Å². The molecule has 3 aliphatic heterocycles. The van der Waals surface area contributed by atoms with Crippen LogP contribution in [0.5, 0.6) is 5.75 Å². The fourth-order valence-electron chi connectivity index (χ4n) is 4.62. The summed E-state index contributed by atoms with van der Waals surface area (Å²) >= 11 is 1.27. The minimum absolute atomic E-state index is 0.0904. The van der Waals surface area contributed by atoms with Crippen LogP contribution in [0.2, 0.25) is 0 Å². The molecule has 2 aromatic heterocycles. The molecule has 6 rings (SSSR count). The van der Waals surface area contributed by atoms with Crippen molar-refractivity contribution in [3.05, 3.63) is 35.8 Å². The molecule has 2 saturated heterocycles. The number of hydrogen-bond donors (Lipinski definition) is 2. The first-order valence-corrected chi connectivity index (χ1v) is 14.2. The van der Waals surface area contributed by atoms with E-state index in [0.717, 1.165) is 12.8 Å². The Morgan fingerprint density at radius 3 is 2.63 bits per heavy atom. The highest BCUT2D eigenvalue weighted by molar-refractivity contribution is 8.14. The summed E-state index contributed by atoms with van der Waals surface area (Å²) < 4.78 is 37.9. The summed E-state index contributed by atoms with van der Waals surface area (Å²) in [6.07, 6.45) is 2.21. The third kappa shape index (κ3) is 6.13. The molecule has 13 heteroatoms. The second-order valence-electron chi connectivity index (χ2n) is 9.91. The van der Waals surface area contributed by atoms with Gasteiger partial charge in [-0.1, -0.05) is 25.7 Å². The van der Waals surface area contributed by atoms with E-state index in [9.17, 15) is 18.4 Å². The van der Waals surface area contributed by atoms with Gasteiger partial charge in [0.25, 0.3) is 12.3 Å². The summed E-state index contributed by atoms with van der Waals surface area (Å²) in [5.74, 6) is 6.51. The average molecular weight is 585 g/mol. The molecule has 0 radical (unpaired) electrons. The number of rotatable bonds is 5. The van der Waals surface area contributed by atoms with Crippen molar-refractivity contribution < 1.29 is 27.8 Å². The van der Waals surface area contributed by atoms with Crippen LogP contribution in [0.4, 0.5) is 14.6 Å². The first-order chi connectivity index (χ1) is 19.8. The predicted octanol–water partition coefficient (Wildman–Crippen LogP) is 3.95. The Kier molecular flexibility index (Phi) is 8.42. The number of amidine groups is 1. The normalized spacial score (nSPS) is 20.3. The molecule has 3 fully saturated rings.